The van der Waals surface area contributed by atoms with Crippen molar-refractivity contribution < 1.29 is 14.3 Å². The highest BCUT2D eigenvalue weighted by atomic mass is 16.5. The largest absolute Gasteiger partial charge is 0.492 e. The Morgan fingerprint density at radius 3 is 2.54 bits per heavy atom. The van der Waals surface area contributed by atoms with Crippen LogP contribution in [0.4, 0.5) is 10.5 Å². The molecule has 1 saturated heterocycles. The number of carbonyl (C=O) groups excluding carboxylic acids is 1. The summed E-state index contributed by atoms with van der Waals surface area (Å²) in [6, 6.07) is 7.43. The van der Waals surface area contributed by atoms with Gasteiger partial charge >= 0.3 is 6.09 Å². The standard InChI is InChI=1S/C19H30N2O3/c1-2-3-7-15-24-19(22)20-17-8-10-18(11-9-17)23-16-14-21-12-5-4-6-13-21/h8-11H,2-7,12-16H2,1H3,(H,20,22). The molecule has 134 valence electrons. The number of nitrogens with zero attached hydrogens (tertiary/aromatic N) is 1. The van der Waals surface area contributed by atoms with Crippen LogP contribution in [0.3, 0.4) is 0 Å². The summed E-state index contributed by atoms with van der Waals surface area (Å²) in [5.74, 6) is 0.828. The molecule has 0 unspecified atom stereocenters. The predicted molar refractivity (Wildman–Crippen MR) is 96.7 cm³/mol. The van der Waals surface area contributed by atoms with Gasteiger partial charge in [-0.1, -0.05) is 26.2 Å². The molecule has 0 aliphatic carbocycles. The van der Waals surface area contributed by atoms with Crippen LogP contribution in [0.1, 0.15) is 45.4 Å². The molecule has 1 aliphatic rings. The number of ether oxygens (including phenoxy) is 2. The molecule has 1 amide bonds. The lowest BCUT2D eigenvalue weighted by Gasteiger charge is -2.26. The van der Waals surface area contributed by atoms with E-state index in [0.717, 1.165) is 37.2 Å². The number of hydrogen-bond acceptors (Lipinski definition) is 4. The second kappa shape index (κ2) is 10.9. The minimum absolute atomic E-state index is 0.398. The lowest BCUT2D eigenvalue weighted by atomic mass is 10.1. The van der Waals surface area contributed by atoms with Crippen LogP contribution in [-0.2, 0) is 4.74 Å². The number of likely N-dealkylation sites (tertiary alicyclic amines) is 1. The minimum atomic E-state index is -0.398. The summed E-state index contributed by atoms with van der Waals surface area (Å²) in [5, 5.41) is 2.73. The molecule has 1 heterocycles. The van der Waals surface area contributed by atoms with Gasteiger partial charge in [0.1, 0.15) is 12.4 Å². The third kappa shape index (κ3) is 7.21. The smallest absolute Gasteiger partial charge is 0.411 e. The van der Waals surface area contributed by atoms with Gasteiger partial charge in [-0.05, 0) is 56.6 Å². The molecule has 0 radical (unpaired) electrons. The number of rotatable bonds is 9. The van der Waals surface area contributed by atoms with Crippen LogP contribution >= 0.6 is 0 Å². The van der Waals surface area contributed by atoms with E-state index in [1.807, 2.05) is 24.3 Å². The summed E-state index contributed by atoms with van der Waals surface area (Å²) in [7, 11) is 0. The van der Waals surface area contributed by atoms with Gasteiger partial charge in [-0.2, -0.15) is 0 Å². The summed E-state index contributed by atoms with van der Waals surface area (Å²) in [6.07, 6.45) is 6.66. The first-order valence-electron chi connectivity index (χ1n) is 9.17. The molecule has 0 saturated carbocycles. The van der Waals surface area contributed by atoms with Gasteiger partial charge in [-0.15, -0.1) is 0 Å². The van der Waals surface area contributed by atoms with E-state index in [0.29, 0.717) is 13.2 Å². The second-order valence-electron chi connectivity index (χ2n) is 6.24. The monoisotopic (exact) mass is 334 g/mol. The number of nitrogens with one attached hydrogen (secondary N) is 1. The van der Waals surface area contributed by atoms with Crippen LogP contribution < -0.4 is 10.1 Å². The van der Waals surface area contributed by atoms with Crippen molar-refractivity contribution in [3.05, 3.63) is 24.3 Å². The molecule has 24 heavy (non-hydrogen) atoms. The molecular formula is C19H30N2O3. The highest BCUT2D eigenvalue weighted by molar-refractivity contribution is 5.84. The zero-order valence-electron chi connectivity index (χ0n) is 14.8. The number of unbranched alkanes of at least 4 members (excludes halogenated alkanes) is 2. The van der Waals surface area contributed by atoms with Gasteiger partial charge in [0.25, 0.3) is 0 Å². The Balaban J connectivity index is 1.63. The maximum Gasteiger partial charge on any atom is 0.411 e. The second-order valence-corrected chi connectivity index (χ2v) is 6.24. The van der Waals surface area contributed by atoms with Gasteiger partial charge in [-0.25, -0.2) is 4.79 Å². The fourth-order valence-corrected chi connectivity index (χ4v) is 2.78. The van der Waals surface area contributed by atoms with E-state index in [9.17, 15) is 4.79 Å². The number of carbonyl (C=O) groups is 1. The average molecular weight is 334 g/mol. The van der Waals surface area contributed by atoms with Gasteiger partial charge in [0.2, 0.25) is 0 Å². The molecule has 5 nitrogen and oxygen atoms in total. The van der Waals surface area contributed by atoms with E-state index in [1.54, 1.807) is 0 Å². The van der Waals surface area contributed by atoms with Gasteiger partial charge in [-0.3, -0.25) is 10.2 Å². The molecule has 0 aromatic heterocycles. The van der Waals surface area contributed by atoms with Crippen molar-refractivity contribution in [1.29, 1.82) is 0 Å². The predicted octanol–water partition coefficient (Wildman–Crippen LogP) is 4.29. The molecule has 1 N–H and O–H groups in total. The normalized spacial score (nSPS) is 15.0. The van der Waals surface area contributed by atoms with E-state index in [4.69, 9.17) is 9.47 Å². The van der Waals surface area contributed by atoms with E-state index >= 15 is 0 Å². The van der Waals surface area contributed by atoms with Crippen LogP contribution in [0, 0.1) is 0 Å². The number of amides is 1. The number of anilines is 1. The van der Waals surface area contributed by atoms with E-state index in [1.165, 1.54) is 32.4 Å². The van der Waals surface area contributed by atoms with Crippen LogP contribution in [0.15, 0.2) is 24.3 Å². The van der Waals surface area contributed by atoms with Crippen molar-refractivity contribution in [3.63, 3.8) is 0 Å². The fraction of sp³-hybridized carbons (Fsp3) is 0.632. The van der Waals surface area contributed by atoms with Crippen molar-refractivity contribution in [1.82, 2.24) is 4.90 Å². The SMILES string of the molecule is CCCCCOC(=O)Nc1ccc(OCCN2CCCCC2)cc1. The van der Waals surface area contributed by atoms with Crippen LogP contribution in [0.25, 0.3) is 0 Å². The van der Waals surface area contributed by atoms with E-state index < -0.39 is 6.09 Å². The summed E-state index contributed by atoms with van der Waals surface area (Å²) in [5.41, 5.74) is 0.721. The van der Waals surface area contributed by atoms with Crippen molar-refractivity contribution >= 4 is 11.8 Å². The molecule has 1 aromatic rings. The zero-order chi connectivity index (χ0) is 17.0. The Labute approximate surface area is 145 Å². The number of benzene rings is 1. The summed E-state index contributed by atoms with van der Waals surface area (Å²) in [4.78, 5) is 14.1. The van der Waals surface area contributed by atoms with Crippen molar-refractivity contribution in [2.45, 2.75) is 45.4 Å². The molecule has 1 aromatic carbocycles. The molecule has 0 bridgehead atoms. The molecule has 2 rings (SSSR count). The van der Waals surface area contributed by atoms with Gasteiger partial charge in [0.15, 0.2) is 0 Å². The Bertz CT molecular complexity index is 470. The third-order valence-corrected chi connectivity index (χ3v) is 4.21. The maximum absolute atomic E-state index is 11.6. The minimum Gasteiger partial charge on any atom is -0.492 e. The molecule has 5 heteroatoms. The lowest BCUT2D eigenvalue weighted by molar-refractivity contribution is 0.159. The van der Waals surface area contributed by atoms with Crippen molar-refractivity contribution in [2.24, 2.45) is 0 Å². The summed E-state index contributed by atoms with van der Waals surface area (Å²) in [6.45, 7) is 6.64. The zero-order valence-corrected chi connectivity index (χ0v) is 14.8. The van der Waals surface area contributed by atoms with E-state index in [-0.39, 0.29) is 0 Å². The van der Waals surface area contributed by atoms with Crippen molar-refractivity contribution in [2.75, 3.05) is 38.2 Å². The van der Waals surface area contributed by atoms with Crippen LogP contribution in [-0.4, -0.2) is 43.8 Å². The molecule has 1 fully saturated rings. The van der Waals surface area contributed by atoms with Gasteiger partial charge in [0.05, 0.1) is 6.61 Å². The lowest BCUT2D eigenvalue weighted by Crippen LogP contribution is -2.33. The quantitative estimate of drug-likeness (QED) is 0.685. The first kappa shape index (κ1) is 18.6. The first-order valence-corrected chi connectivity index (χ1v) is 9.17. The van der Waals surface area contributed by atoms with Gasteiger partial charge in [0, 0.05) is 12.2 Å². The molecule has 1 aliphatic heterocycles. The van der Waals surface area contributed by atoms with Crippen molar-refractivity contribution in [3.8, 4) is 5.75 Å². The third-order valence-electron chi connectivity index (χ3n) is 4.21. The van der Waals surface area contributed by atoms with Crippen LogP contribution in [0.5, 0.6) is 5.75 Å². The van der Waals surface area contributed by atoms with E-state index in [2.05, 4.69) is 17.1 Å². The first-order chi connectivity index (χ1) is 11.8. The Morgan fingerprint density at radius 2 is 1.83 bits per heavy atom. The Hall–Kier alpha value is -1.75. The topological polar surface area (TPSA) is 50.8 Å². The highest BCUT2D eigenvalue weighted by Gasteiger charge is 2.09. The highest BCUT2D eigenvalue weighted by Crippen LogP contribution is 2.16. The molecule has 0 atom stereocenters. The summed E-state index contributed by atoms with van der Waals surface area (Å²) < 4.78 is 10.9. The molecular weight excluding hydrogens is 304 g/mol. The van der Waals surface area contributed by atoms with Crippen LogP contribution in [0.2, 0.25) is 0 Å². The fourth-order valence-electron chi connectivity index (χ4n) is 2.78. The average Bonchev–Trinajstić information content (AvgIpc) is 2.61. The van der Waals surface area contributed by atoms with Gasteiger partial charge < -0.3 is 9.47 Å². The molecule has 0 spiro atoms. The number of hydrogen-bond donors (Lipinski definition) is 1. The number of piperidine rings is 1. The Kier molecular flexibility index (Phi) is 8.46. The maximum atomic E-state index is 11.6. The summed E-state index contributed by atoms with van der Waals surface area (Å²) >= 11 is 0. The Morgan fingerprint density at radius 1 is 1.08 bits per heavy atom.